The number of aliphatic hydroxyl groups excluding tert-OH is 1. The minimum atomic E-state index is -0.645. The predicted molar refractivity (Wildman–Crippen MR) is 86.8 cm³/mol. The van der Waals surface area contributed by atoms with Crippen molar-refractivity contribution in [3.8, 4) is 0 Å². The molecule has 1 atom stereocenters. The topological polar surface area (TPSA) is 59.1 Å². The number of benzene rings is 2. The van der Waals surface area contributed by atoms with E-state index in [0.717, 1.165) is 25.3 Å². The smallest absolute Gasteiger partial charge is 0.0967 e. The Bertz CT molecular complexity index is 723. The zero-order valence-corrected chi connectivity index (χ0v) is 13.0. The third-order valence-electron chi connectivity index (χ3n) is 3.11. The van der Waals surface area contributed by atoms with Crippen LogP contribution in [0, 0.1) is 0 Å². The van der Waals surface area contributed by atoms with Gasteiger partial charge in [-0.2, -0.15) is 0 Å². The highest BCUT2D eigenvalue weighted by Crippen LogP contribution is 2.29. The third-order valence-corrected chi connectivity index (χ3v) is 4.67. The predicted octanol–water partition coefficient (Wildman–Crippen LogP) is 3.92. The zero-order valence-electron chi connectivity index (χ0n) is 10.6. The lowest BCUT2D eigenvalue weighted by molar-refractivity contribution is 0.179. The highest BCUT2D eigenvalue weighted by molar-refractivity contribution is 9.10. The number of halogens is 1. The van der Waals surface area contributed by atoms with Gasteiger partial charge in [0.25, 0.3) is 0 Å². The average Bonchev–Trinajstić information content (AvgIpc) is 2.83. The number of aliphatic hydroxyl groups is 1. The van der Waals surface area contributed by atoms with Gasteiger partial charge >= 0.3 is 0 Å². The fourth-order valence-electron chi connectivity index (χ4n) is 2.12. The molecule has 102 valence electrons. The van der Waals surface area contributed by atoms with Crippen LogP contribution in [0.5, 0.6) is 0 Å². The Balaban J connectivity index is 1.88. The summed E-state index contributed by atoms with van der Waals surface area (Å²) in [4.78, 5) is 4.54. The highest BCUT2D eigenvalue weighted by atomic mass is 79.9. The maximum Gasteiger partial charge on any atom is 0.0967 e. The summed E-state index contributed by atoms with van der Waals surface area (Å²) in [6.07, 6.45) is -0.173. The molecule has 0 aliphatic carbocycles. The standard InChI is InChI=1S/C15H13BrN2OS/c16-9-5-6-11(17)10(7-9)13(19)8-15-18-12-3-1-2-4-14(12)20-15/h1-7,13,19H,8,17H2. The van der Waals surface area contributed by atoms with Gasteiger partial charge in [0.2, 0.25) is 0 Å². The van der Waals surface area contributed by atoms with Crippen molar-refractivity contribution in [1.29, 1.82) is 0 Å². The van der Waals surface area contributed by atoms with Crippen LogP contribution in [0.4, 0.5) is 5.69 Å². The van der Waals surface area contributed by atoms with Crippen molar-refractivity contribution in [2.45, 2.75) is 12.5 Å². The summed E-state index contributed by atoms with van der Waals surface area (Å²) in [6, 6.07) is 13.5. The number of rotatable bonds is 3. The number of fused-ring (bicyclic) bond motifs is 1. The molecule has 20 heavy (non-hydrogen) atoms. The van der Waals surface area contributed by atoms with Gasteiger partial charge in [-0.1, -0.05) is 28.1 Å². The van der Waals surface area contributed by atoms with Gasteiger partial charge in [0, 0.05) is 22.1 Å². The number of hydrogen-bond acceptors (Lipinski definition) is 4. The van der Waals surface area contributed by atoms with Crippen molar-refractivity contribution in [3.63, 3.8) is 0 Å². The van der Waals surface area contributed by atoms with Crippen molar-refractivity contribution in [3.05, 3.63) is 57.5 Å². The minimum absolute atomic E-state index is 0.472. The van der Waals surface area contributed by atoms with Gasteiger partial charge in [-0.15, -0.1) is 11.3 Å². The van der Waals surface area contributed by atoms with Crippen LogP contribution in [0.25, 0.3) is 10.2 Å². The molecule has 3 nitrogen and oxygen atoms in total. The fourth-order valence-corrected chi connectivity index (χ4v) is 3.50. The number of para-hydroxylation sites is 1. The lowest BCUT2D eigenvalue weighted by Gasteiger charge is -2.12. The molecule has 0 radical (unpaired) electrons. The Morgan fingerprint density at radius 3 is 2.85 bits per heavy atom. The second-order valence-electron chi connectivity index (χ2n) is 4.57. The van der Waals surface area contributed by atoms with Gasteiger partial charge in [0.15, 0.2) is 0 Å². The molecule has 2 aromatic carbocycles. The number of hydrogen-bond donors (Lipinski definition) is 2. The Hall–Kier alpha value is -1.43. The molecule has 0 aliphatic rings. The van der Waals surface area contributed by atoms with Crippen LogP contribution < -0.4 is 5.73 Å². The summed E-state index contributed by atoms with van der Waals surface area (Å²) in [7, 11) is 0. The molecule has 5 heteroatoms. The van der Waals surface area contributed by atoms with Crippen LogP contribution in [0.15, 0.2) is 46.9 Å². The largest absolute Gasteiger partial charge is 0.398 e. The molecule has 0 fully saturated rings. The summed E-state index contributed by atoms with van der Waals surface area (Å²) in [5.41, 5.74) is 8.23. The van der Waals surface area contributed by atoms with Crippen LogP contribution in [0.3, 0.4) is 0 Å². The van der Waals surface area contributed by atoms with Crippen molar-refractivity contribution < 1.29 is 5.11 Å². The molecule has 1 heterocycles. The lowest BCUT2D eigenvalue weighted by Crippen LogP contribution is -2.05. The molecule has 0 aliphatic heterocycles. The quantitative estimate of drug-likeness (QED) is 0.705. The van der Waals surface area contributed by atoms with Crippen molar-refractivity contribution >= 4 is 43.2 Å². The maximum atomic E-state index is 10.4. The summed E-state index contributed by atoms with van der Waals surface area (Å²) >= 11 is 5.01. The van der Waals surface area contributed by atoms with Crippen molar-refractivity contribution in [1.82, 2.24) is 4.98 Å². The Morgan fingerprint density at radius 1 is 1.25 bits per heavy atom. The summed E-state index contributed by atoms with van der Waals surface area (Å²) < 4.78 is 2.04. The van der Waals surface area contributed by atoms with Crippen molar-refractivity contribution in [2.75, 3.05) is 5.73 Å². The third kappa shape index (κ3) is 2.70. The van der Waals surface area contributed by atoms with Gasteiger partial charge in [0.1, 0.15) is 0 Å². The zero-order chi connectivity index (χ0) is 14.1. The lowest BCUT2D eigenvalue weighted by atomic mass is 10.1. The molecule has 0 amide bonds. The van der Waals surface area contributed by atoms with Gasteiger partial charge in [0.05, 0.1) is 21.3 Å². The van der Waals surface area contributed by atoms with E-state index < -0.39 is 6.10 Å². The first kappa shape index (κ1) is 13.5. The maximum absolute atomic E-state index is 10.4. The number of anilines is 1. The first-order valence-electron chi connectivity index (χ1n) is 6.21. The van der Waals surface area contributed by atoms with E-state index in [-0.39, 0.29) is 0 Å². The molecule has 0 bridgehead atoms. The molecular formula is C15H13BrN2OS. The van der Waals surface area contributed by atoms with Crippen molar-refractivity contribution in [2.24, 2.45) is 0 Å². The molecule has 0 spiro atoms. The molecule has 1 aromatic heterocycles. The van der Waals surface area contributed by atoms with Gasteiger partial charge in [-0.25, -0.2) is 4.98 Å². The number of thiazole rings is 1. The van der Waals surface area contributed by atoms with Crippen LogP contribution in [0.2, 0.25) is 0 Å². The molecule has 3 N–H and O–H groups in total. The van der Waals surface area contributed by atoms with Crippen LogP contribution in [0.1, 0.15) is 16.7 Å². The van der Waals surface area contributed by atoms with E-state index in [0.29, 0.717) is 12.1 Å². The summed E-state index contributed by atoms with van der Waals surface area (Å²) in [5, 5.41) is 11.3. The normalized spacial score (nSPS) is 12.7. The van der Waals surface area contributed by atoms with Crippen LogP contribution >= 0.6 is 27.3 Å². The molecule has 3 aromatic rings. The Morgan fingerprint density at radius 2 is 2.05 bits per heavy atom. The fraction of sp³-hybridized carbons (Fsp3) is 0.133. The Kier molecular flexibility index (Phi) is 3.74. The van der Waals surface area contributed by atoms with Gasteiger partial charge < -0.3 is 10.8 Å². The van der Waals surface area contributed by atoms with Gasteiger partial charge in [-0.05, 0) is 30.3 Å². The number of nitrogens with two attached hydrogens (primary N) is 1. The Labute approximate surface area is 129 Å². The second kappa shape index (κ2) is 5.52. The molecule has 1 unspecified atom stereocenters. The number of nitrogens with zero attached hydrogens (tertiary/aromatic N) is 1. The second-order valence-corrected chi connectivity index (χ2v) is 6.60. The van der Waals surface area contributed by atoms with Gasteiger partial charge in [-0.3, -0.25) is 0 Å². The van der Waals surface area contributed by atoms with E-state index in [1.165, 1.54) is 0 Å². The summed E-state index contributed by atoms with van der Waals surface area (Å²) in [5.74, 6) is 0. The minimum Gasteiger partial charge on any atom is -0.398 e. The number of aromatic nitrogens is 1. The molecule has 3 rings (SSSR count). The molecule has 0 saturated heterocycles. The van der Waals surface area contributed by atoms with E-state index in [9.17, 15) is 5.11 Å². The summed E-state index contributed by atoms with van der Waals surface area (Å²) in [6.45, 7) is 0. The van der Waals surface area contributed by atoms with Crippen LogP contribution in [-0.2, 0) is 6.42 Å². The van der Waals surface area contributed by atoms with E-state index in [1.54, 1.807) is 17.4 Å². The molecule has 0 saturated carbocycles. The monoisotopic (exact) mass is 348 g/mol. The van der Waals surface area contributed by atoms with E-state index >= 15 is 0 Å². The van der Waals surface area contributed by atoms with E-state index in [1.807, 2.05) is 36.4 Å². The van der Waals surface area contributed by atoms with E-state index in [2.05, 4.69) is 20.9 Å². The molecular weight excluding hydrogens is 336 g/mol. The SMILES string of the molecule is Nc1ccc(Br)cc1C(O)Cc1nc2ccccc2s1. The average molecular weight is 349 g/mol. The highest BCUT2D eigenvalue weighted by Gasteiger charge is 2.15. The van der Waals surface area contributed by atoms with Crippen LogP contribution in [-0.4, -0.2) is 10.1 Å². The first-order chi connectivity index (χ1) is 9.63. The number of nitrogen functional groups attached to an aromatic ring is 1. The van der Waals surface area contributed by atoms with E-state index in [4.69, 9.17) is 5.73 Å². The first-order valence-corrected chi connectivity index (χ1v) is 7.82.